The fraction of sp³-hybridized carbons (Fsp3) is 0.538. The van der Waals surface area contributed by atoms with E-state index < -0.39 is 0 Å². The second-order valence-corrected chi connectivity index (χ2v) is 4.56. The standard InChI is InChI=1S/C13H19N3O/c1-10(11-4-7-14-8-5-11)16-12-3-2-6-15-13(17)9-12/h4-5,7-8,10,12,16H,2-3,6,9H2,1H3,(H,15,17)/t10-,12?/m0/s1. The minimum absolute atomic E-state index is 0.155. The maximum absolute atomic E-state index is 11.5. The Bertz CT molecular complexity index is 366. The predicted molar refractivity (Wildman–Crippen MR) is 66.4 cm³/mol. The molecular weight excluding hydrogens is 214 g/mol. The first-order chi connectivity index (χ1) is 8.25. The lowest BCUT2D eigenvalue weighted by Crippen LogP contribution is -2.34. The van der Waals surface area contributed by atoms with Gasteiger partial charge in [-0.1, -0.05) is 0 Å². The lowest BCUT2D eigenvalue weighted by molar-refractivity contribution is -0.121. The van der Waals surface area contributed by atoms with Gasteiger partial charge < -0.3 is 10.6 Å². The smallest absolute Gasteiger partial charge is 0.221 e. The van der Waals surface area contributed by atoms with Crippen LogP contribution in [-0.4, -0.2) is 23.5 Å². The molecule has 4 nitrogen and oxygen atoms in total. The SMILES string of the molecule is C[C@H](NC1CCCNC(=O)C1)c1ccncc1. The summed E-state index contributed by atoms with van der Waals surface area (Å²) < 4.78 is 0. The Labute approximate surface area is 102 Å². The van der Waals surface area contributed by atoms with Gasteiger partial charge >= 0.3 is 0 Å². The van der Waals surface area contributed by atoms with Crippen LogP contribution in [0.5, 0.6) is 0 Å². The molecule has 2 N–H and O–H groups in total. The number of amides is 1. The molecule has 1 aromatic heterocycles. The van der Waals surface area contributed by atoms with Gasteiger partial charge in [0.25, 0.3) is 0 Å². The zero-order chi connectivity index (χ0) is 12.1. The molecule has 1 amide bonds. The fourth-order valence-corrected chi connectivity index (χ4v) is 2.22. The average Bonchev–Trinajstić information content (AvgIpc) is 2.55. The molecule has 0 spiro atoms. The van der Waals surface area contributed by atoms with E-state index >= 15 is 0 Å². The molecule has 1 saturated heterocycles. The molecule has 0 radical (unpaired) electrons. The van der Waals surface area contributed by atoms with Gasteiger partial charge in [0.15, 0.2) is 0 Å². The highest BCUT2D eigenvalue weighted by Gasteiger charge is 2.19. The van der Waals surface area contributed by atoms with E-state index in [9.17, 15) is 4.79 Å². The maximum atomic E-state index is 11.5. The van der Waals surface area contributed by atoms with E-state index in [0.717, 1.165) is 19.4 Å². The van der Waals surface area contributed by atoms with E-state index in [2.05, 4.69) is 22.5 Å². The number of aromatic nitrogens is 1. The molecule has 4 heteroatoms. The lowest BCUT2D eigenvalue weighted by Gasteiger charge is -2.21. The molecule has 1 aliphatic heterocycles. The Morgan fingerprint density at radius 2 is 2.24 bits per heavy atom. The van der Waals surface area contributed by atoms with Gasteiger partial charge in [-0.15, -0.1) is 0 Å². The molecule has 1 unspecified atom stereocenters. The number of carbonyl (C=O) groups excluding carboxylic acids is 1. The van der Waals surface area contributed by atoms with Gasteiger partial charge in [-0.2, -0.15) is 0 Å². The summed E-state index contributed by atoms with van der Waals surface area (Å²) >= 11 is 0. The summed E-state index contributed by atoms with van der Waals surface area (Å²) in [6.07, 6.45) is 6.27. The van der Waals surface area contributed by atoms with E-state index in [4.69, 9.17) is 0 Å². The summed E-state index contributed by atoms with van der Waals surface area (Å²) in [5, 5.41) is 6.42. The van der Waals surface area contributed by atoms with Crippen LogP contribution < -0.4 is 10.6 Å². The van der Waals surface area contributed by atoms with Gasteiger partial charge in [-0.05, 0) is 37.5 Å². The van der Waals surface area contributed by atoms with Crippen molar-refractivity contribution in [3.05, 3.63) is 30.1 Å². The topological polar surface area (TPSA) is 54.0 Å². The van der Waals surface area contributed by atoms with Crippen LogP contribution in [0.1, 0.15) is 37.8 Å². The number of hydrogen-bond donors (Lipinski definition) is 2. The average molecular weight is 233 g/mol. The molecular formula is C13H19N3O. The number of hydrogen-bond acceptors (Lipinski definition) is 3. The second-order valence-electron chi connectivity index (χ2n) is 4.56. The number of rotatable bonds is 3. The van der Waals surface area contributed by atoms with Gasteiger partial charge in [0, 0.05) is 37.4 Å². The molecule has 2 atom stereocenters. The predicted octanol–water partition coefficient (Wildman–Crippen LogP) is 1.40. The van der Waals surface area contributed by atoms with Crippen LogP contribution in [-0.2, 0) is 4.79 Å². The monoisotopic (exact) mass is 233 g/mol. The molecule has 2 rings (SSSR count). The van der Waals surface area contributed by atoms with Crippen molar-refractivity contribution in [2.45, 2.75) is 38.3 Å². The van der Waals surface area contributed by atoms with Crippen LogP contribution in [0.15, 0.2) is 24.5 Å². The number of nitrogens with one attached hydrogen (secondary N) is 2. The van der Waals surface area contributed by atoms with E-state index in [1.807, 2.05) is 12.1 Å². The van der Waals surface area contributed by atoms with Crippen LogP contribution in [0.2, 0.25) is 0 Å². The quantitative estimate of drug-likeness (QED) is 0.829. The lowest BCUT2D eigenvalue weighted by atomic mass is 10.1. The molecule has 0 aliphatic carbocycles. The summed E-state index contributed by atoms with van der Waals surface area (Å²) in [6, 6.07) is 4.55. The van der Waals surface area contributed by atoms with Crippen molar-refractivity contribution >= 4 is 5.91 Å². The van der Waals surface area contributed by atoms with Crippen molar-refractivity contribution < 1.29 is 4.79 Å². The van der Waals surface area contributed by atoms with Gasteiger partial charge in [0.1, 0.15) is 0 Å². The van der Waals surface area contributed by atoms with E-state index in [1.165, 1.54) is 5.56 Å². The number of carbonyl (C=O) groups is 1. The molecule has 0 saturated carbocycles. The third-order valence-corrected chi connectivity index (χ3v) is 3.18. The van der Waals surface area contributed by atoms with Crippen molar-refractivity contribution in [3.63, 3.8) is 0 Å². The zero-order valence-electron chi connectivity index (χ0n) is 10.1. The van der Waals surface area contributed by atoms with Crippen molar-refractivity contribution in [2.75, 3.05) is 6.54 Å². The van der Waals surface area contributed by atoms with E-state index in [-0.39, 0.29) is 18.0 Å². The molecule has 1 aliphatic rings. The Morgan fingerprint density at radius 3 is 3.00 bits per heavy atom. The minimum atomic E-state index is 0.155. The molecule has 2 heterocycles. The fourth-order valence-electron chi connectivity index (χ4n) is 2.22. The van der Waals surface area contributed by atoms with E-state index in [1.54, 1.807) is 12.4 Å². The molecule has 1 aromatic rings. The summed E-state index contributed by atoms with van der Waals surface area (Å²) in [6.45, 7) is 2.93. The van der Waals surface area contributed by atoms with Crippen LogP contribution in [0, 0.1) is 0 Å². The Hall–Kier alpha value is -1.42. The van der Waals surface area contributed by atoms with Crippen LogP contribution in [0.4, 0.5) is 0 Å². The Kier molecular flexibility index (Phi) is 4.09. The third-order valence-electron chi connectivity index (χ3n) is 3.18. The molecule has 92 valence electrons. The summed E-state index contributed by atoms with van der Waals surface area (Å²) in [5.74, 6) is 0.155. The molecule has 0 aromatic carbocycles. The first-order valence-corrected chi connectivity index (χ1v) is 6.18. The van der Waals surface area contributed by atoms with Crippen LogP contribution in [0.25, 0.3) is 0 Å². The zero-order valence-corrected chi connectivity index (χ0v) is 10.1. The van der Waals surface area contributed by atoms with Crippen molar-refractivity contribution in [1.82, 2.24) is 15.6 Å². The molecule has 0 bridgehead atoms. The summed E-state index contributed by atoms with van der Waals surface area (Å²) in [4.78, 5) is 15.5. The highest BCUT2D eigenvalue weighted by atomic mass is 16.1. The highest BCUT2D eigenvalue weighted by Crippen LogP contribution is 2.15. The van der Waals surface area contributed by atoms with E-state index in [0.29, 0.717) is 6.42 Å². The normalized spacial score (nSPS) is 22.6. The third kappa shape index (κ3) is 3.53. The minimum Gasteiger partial charge on any atom is -0.356 e. The first-order valence-electron chi connectivity index (χ1n) is 6.18. The number of pyridine rings is 1. The Morgan fingerprint density at radius 1 is 1.47 bits per heavy atom. The van der Waals surface area contributed by atoms with Gasteiger partial charge in [-0.25, -0.2) is 0 Å². The maximum Gasteiger partial charge on any atom is 0.221 e. The van der Waals surface area contributed by atoms with Crippen LogP contribution in [0.3, 0.4) is 0 Å². The van der Waals surface area contributed by atoms with Crippen molar-refractivity contribution in [2.24, 2.45) is 0 Å². The molecule has 1 fully saturated rings. The largest absolute Gasteiger partial charge is 0.356 e. The first kappa shape index (κ1) is 12.0. The van der Waals surface area contributed by atoms with Crippen LogP contribution >= 0.6 is 0 Å². The van der Waals surface area contributed by atoms with Crippen molar-refractivity contribution in [1.29, 1.82) is 0 Å². The van der Waals surface area contributed by atoms with Gasteiger partial charge in [0.05, 0.1) is 0 Å². The van der Waals surface area contributed by atoms with Crippen molar-refractivity contribution in [3.8, 4) is 0 Å². The Balaban J connectivity index is 1.93. The summed E-state index contributed by atoms with van der Waals surface area (Å²) in [7, 11) is 0. The molecule has 17 heavy (non-hydrogen) atoms. The number of nitrogens with zero attached hydrogens (tertiary/aromatic N) is 1. The van der Waals surface area contributed by atoms with Gasteiger partial charge in [0.2, 0.25) is 5.91 Å². The summed E-state index contributed by atoms with van der Waals surface area (Å²) in [5.41, 5.74) is 1.21. The highest BCUT2D eigenvalue weighted by molar-refractivity contribution is 5.76. The van der Waals surface area contributed by atoms with Gasteiger partial charge in [-0.3, -0.25) is 9.78 Å². The second kappa shape index (κ2) is 5.77.